The van der Waals surface area contributed by atoms with Gasteiger partial charge in [-0.25, -0.2) is 4.79 Å². The molecule has 0 saturated carbocycles. The highest BCUT2D eigenvalue weighted by Crippen LogP contribution is 2.19. The van der Waals surface area contributed by atoms with E-state index < -0.39 is 17.9 Å². The molecule has 24 heavy (non-hydrogen) atoms. The van der Waals surface area contributed by atoms with Gasteiger partial charge in [0.25, 0.3) is 5.91 Å². The number of aryl methyl sites for hydroxylation is 1. The van der Waals surface area contributed by atoms with Crippen LogP contribution in [0.3, 0.4) is 0 Å². The minimum Gasteiger partial charge on any atom is -0.480 e. The zero-order valence-corrected chi connectivity index (χ0v) is 14.0. The lowest BCUT2D eigenvalue weighted by Gasteiger charge is -2.16. The molecular weight excluding hydrogens is 308 g/mol. The van der Waals surface area contributed by atoms with Gasteiger partial charge in [0.1, 0.15) is 17.7 Å². The number of amides is 1. The molecule has 0 aliphatic heterocycles. The molecule has 7 nitrogen and oxygen atoms in total. The Morgan fingerprint density at radius 3 is 2.62 bits per heavy atom. The standard InChI is InChI=1S/C17H22N4O3/c1-10(2)6-15(17(23)24)21-16(22)12(8-18)9-20-14-7-11(3)4-5-13(14)19/h4-5,7,9-10,15,20H,6,19H2,1-3H3,(H,21,22)(H,23,24)/b12-9-. The van der Waals surface area contributed by atoms with Crippen LogP contribution in [0.25, 0.3) is 0 Å². The number of hydrogen-bond donors (Lipinski definition) is 4. The van der Waals surface area contributed by atoms with Gasteiger partial charge in [0.05, 0.1) is 11.4 Å². The average molecular weight is 330 g/mol. The molecule has 7 heteroatoms. The molecular formula is C17H22N4O3. The topological polar surface area (TPSA) is 128 Å². The highest BCUT2D eigenvalue weighted by atomic mass is 16.4. The molecule has 0 aromatic heterocycles. The number of hydrogen-bond acceptors (Lipinski definition) is 5. The lowest BCUT2D eigenvalue weighted by Crippen LogP contribution is -2.42. The SMILES string of the molecule is Cc1ccc(N)c(N/C=C(/C#N)C(=O)NC(CC(C)C)C(=O)O)c1. The fraction of sp³-hybridized carbons (Fsp3) is 0.353. The molecule has 128 valence electrons. The molecule has 5 N–H and O–H groups in total. The van der Waals surface area contributed by atoms with E-state index in [-0.39, 0.29) is 17.9 Å². The van der Waals surface area contributed by atoms with Crippen LogP contribution in [0, 0.1) is 24.2 Å². The van der Waals surface area contributed by atoms with Crippen molar-refractivity contribution in [3.8, 4) is 6.07 Å². The van der Waals surface area contributed by atoms with E-state index >= 15 is 0 Å². The first-order chi connectivity index (χ1) is 11.2. The number of anilines is 2. The van der Waals surface area contributed by atoms with Crippen molar-refractivity contribution < 1.29 is 14.7 Å². The Labute approximate surface area is 141 Å². The summed E-state index contributed by atoms with van der Waals surface area (Å²) in [4.78, 5) is 23.3. The number of rotatable bonds is 7. The molecule has 0 saturated heterocycles. The van der Waals surface area contributed by atoms with Crippen LogP contribution >= 0.6 is 0 Å². The van der Waals surface area contributed by atoms with Gasteiger partial charge in [0, 0.05) is 6.20 Å². The van der Waals surface area contributed by atoms with Crippen LogP contribution in [-0.4, -0.2) is 23.0 Å². The van der Waals surface area contributed by atoms with Crippen LogP contribution < -0.4 is 16.4 Å². The van der Waals surface area contributed by atoms with Crippen molar-refractivity contribution in [3.63, 3.8) is 0 Å². The predicted molar refractivity (Wildman–Crippen MR) is 91.9 cm³/mol. The third-order valence-electron chi connectivity index (χ3n) is 3.26. The van der Waals surface area contributed by atoms with Crippen molar-refractivity contribution in [3.05, 3.63) is 35.5 Å². The van der Waals surface area contributed by atoms with Gasteiger partial charge in [-0.15, -0.1) is 0 Å². The third kappa shape index (κ3) is 5.65. The molecule has 0 heterocycles. The van der Waals surface area contributed by atoms with Crippen LogP contribution in [0.2, 0.25) is 0 Å². The third-order valence-corrected chi connectivity index (χ3v) is 3.26. The number of nitriles is 1. The lowest BCUT2D eigenvalue weighted by atomic mass is 10.0. The maximum absolute atomic E-state index is 12.1. The van der Waals surface area contributed by atoms with Crippen molar-refractivity contribution in [2.24, 2.45) is 5.92 Å². The summed E-state index contributed by atoms with van der Waals surface area (Å²) in [5, 5.41) is 23.5. The summed E-state index contributed by atoms with van der Waals surface area (Å²) in [7, 11) is 0. The van der Waals surface area contributed by atoms with Gasteiger partial charge in [-0.2, -0.15) is 5.26 Å². The first-order valence-electron chi connectivity index (χ1n) is 7.51. The van der Waals surface area contributed by atoms with Gasteiger partial charge in [0.15, 0.2) is 0 Å². The molecule has 1 unspecified atom stereocenters. The maximum Gasteiger partial charge on any atom is 0.326 e. The predicted octanol–water partition coefficient (Wildman–Crippen LogP) is 2.01. The molecule has 0 fully saturated rings. The van der Waals surface area contributed by atoms with Gasteiger partial charge < -0.3 is 21.5 Å². The number of carboxylic acid groups (broad SMARTS) is 1. The van der Waals surface area contributed by atoms with E-state index in [4.69, 9.17) is 16.1 Å². The van der Waals surface area contributed by atoms with Gasteiger partial charge in [0.2, 0.25) is 0 Å². The Balaban J connectivity index is 2.87. The first kappa shape index (κ1) is 19.0. The summed E-state index contributed by atoms with van der Waals surface area (Å²) in [6, 6.07) is 6.04. The number of nitrogens with two attached hydrogens (primary N) is 1. The van der Waals surface area contributed by atoms with Gasteiger partial charge >= 0.3 is 5.97 Å². The highest BCUT2D eigenvalue weighted by Gasteiger charge is 2.22. The summed E-state index contributed by atoms with van der Waals surface area (Å²) in [6.45, 7) is 5.59. The molecule has 0 aliphatic carbocycles. The van der Waals surface area contributed by atoms with Crippen LogP contribution in [0.15, 0.2) is 30.0 Å². The molecule has 0 bridgehead atoms. The number of carbonyl (C=O) groups is 2. The minimum atomic E-state index is -1.13. The average Bonchev–Trinajstić information content (AvgIpc) is 2.50. The molecule has 1 aromatic carbocycles. The van der Waals surface area contributed by atoms with Gasteiger partial charge in [-0.3, -0.25) is 4.79 Å². The first-order valence-corrected chi connectivity index (χ1v) is 7.51. The van der Waals surface area contributed by atoms with Crippen LogP contribution in [0.5, 0.6) is 0 Å². The monoisotopic (exact) mass is 330 g/mol. The minimum absolute atomic E-state index is 0.0890. The van der Waals surface area contributed by atoms with E-state index in [1.165, 1.54) is 6.20 Å². The molecule has 1 aromatic rings. The fourth-order valence-electron chi connectivity index (χ4n) is 2.02. The number of nitrogen functional groups attached to an aromatic ring is 1. The Morgan fingerprint density at radius 1 is 1.42 bits per heavy atom. The highest BCUT2D eigenvalue weighted by molar-refractivity contribution is 5.99. The zero-order valence-electron chi connectivity index (χ0n) is 14.0. The second kappa shape index (κ2) is 8.58. The van der Waals surface area contributed by atoms with Crippen LogP contribution in [-0.2, 0) is 9.59 Å². The van der Waals surface area contributed by atoms with Gasteiger partial charge in [-0.05, 0) is 37.0 Å². The Morgan fingerprint density at radius 2 is 2.08 bits per heavy atom. The van der Waals surface area contributed by atoms with Crippen molar-refractivity contribution in [2.75, 3.05) is 11.1 Å². The number of benzene rings is 1. The Hall–Kier alpha value is -3.01. The van der Waals surface area contributed by atoms with Crippen molar-refractivity contribution in [2.45, 2.75) is 33.2 Å². The number of nitrogens with one attached hydrogen (secondary N) is 2. The van der Waals surface area contributed by atoms with Crippen molar-refractivity contribution in [1.29, 1.82) is 5.26 Å². The van der Waals surface area contributed by atoms with E-state index in [1.54, 1.807) is 18.2 Å². The van der Waals surface area contributed by atoms with E-state index in [0.717, 1.165) is 5.56 Å². The largest absolute Gasteiger partial charge is 0.480 e. The van der Waals surface area contributed by atoms with E-state index in [9.17, 15) is 9.59 Å². The normalized spacial score (nSPS) is 12.4. The molecule has 1 rings (SSSR count). The summed E-state index contributed by atoms with van der Waals surface area (Å²) in [6.07, 6.45) is 1.49. The van der Waals surface area contributed by atoms with E-state index in [0.29, 0.717) is 11.4 Å². The summed E-state index contributed by atoms with van der Waals surface area (Å²) < 4.78 is 0. The Kier molecular flexibility index (Phi) is 6.80. The molecule has 1 amide bonds. The summed E-state index contributed by atoms with van der Waals surface area (Å²) >= 11 is 0. The van der Waals surface area contributed by atoms with Crippen molar-refractivity contribution >= 4 is 23.3 Å². The van der Waals surface area contributed by atoms with Gasteiger partial charge in [-0.1, -0.05) is 19.9 Å². The zero-order chi connectivity index (χ0) is 18.3. The van der Waals surface area contributed by atoms with Crippen LogP contribution in [0.1, 0.15) is 25.8 Å². The molecule has 0 aliphatic rings. The number of carbonyl (C=O) groups excluding carboxylic acids is 1. The quantitative estimate of drug-likeness (QED) is 0.344. The van der Waals surface area contributed by atoms with Crippen molar-refractivity contribution in [1.82, 2.24) is 5.32 Å². The second-order valence-electron chi connectivity index (χ2n) is 5.90. The summed E-state index contributed by atoms with van der Waals surface area (Å²) in [5.74, 6) is -1.79. The maximum atomic E-state index is 12.1. The van der Waals surface area contributed by atoms with E-state index in [1.807, 2.05) is 26.8 Å². The lowest BCUT2D eigenvalue weighted by molar-refractivity contribution is -0.141. The number of nitrogens with zero attached hydrogens (tertiary/aromatic N) is 1. The fourth-order valence-corrected chi connectivity index (χ4v) is 2.02. The second-order valence-corrected chi connectivity index (χ2v) is 5.90. The summed E-state index contributed by atoms with van der Waals surface area (Å²) in [5.41, 5.74) is 7.58. The van der Waals surface area contributed by atoms with E-state index in [2.05, 4.69) is 10.6 Å². The number of aliphatic carboxylic acids is 1. The molecule has 0 spiro atoms. The Bertz CT molecular complexity index is 690. The molecule has 1 atom stereocenters. The molecule has 0 radical (unpaired) electrons. The smallest absolute Gasteiger partial charge is 0.326 e. The van der Waals surface area contributed by atoms with Crippen LogP contribution in [0.4, 0.5) is 11.4 Å². The number of carboxylic acids is 1.